The van der Waals surface area contributed by atoms with Crippen LogP contribution in [-0.2, 0) is 11.8 Å². The van der Waals surface area contributed by atoms with E-state index in [-0.39, 0.29) is 11.7 Å². The molecule has 0 unspecified atom stereocenters. The highest BCUT2D eigenvalue weighted by Crippen LogP contribution is 2.27. The molecule has 0 aliphatic heterocycles. The maximum atomic E-state index is 12.2. The smallest absolute Gasteiger partial charge is 0.248 e. The number of methoxy groups -OCH3 is 1. The molecule has 24 heavy (non-hydrogen) atoms. The van der Waals surface area contributed by atoms with Gasteiger partial charge in [0.15, 0.2) is 11.5 Å². The number of ether oxygens (including phenoxy) is 1. The maximum absolute atomic E-state index is 12.2. The molecule has 3 rings (SSSR count). The highest BCUT2D eigenvalue weighted by Gasteiger charge is 2.06. The van der Waals surface area contributed by atoms with E-state index >= 15 is 0 Å². The molecule has 0 aliphatic rings. The third-order valence-electron chi connectivity index (χ3n) is 3.82. The summed E-state index contributed by atoms with van der Waals surface area (Å²) in [6.07, 6.45) is 5.03. The fraction of sp³-hybridized carbons (Fsp3) is 0.105. The lowest BCUT2D eigenvalue weighted by molar-refractivity contribution is -0.111. The van der Waals surface area contributed by atoms with Crippen LogP contribution in [0.5, 0.6) is 11.5 Å². The van der Waals surface area contributed by atoms with Crippen LogP contribution >= 0.6 is 0 Å². The number of phenolic OH excluding ortho intramolecular Hbond substituents is 1. The molecule has 0 atom stereocenters. The van der Waals surface area contributed by atoms with Crippen molar-refractivity contribution in [2.75, 3.05) is 12.4 Å². The number of aromatic hydroxyl groups is 1. The zero-order valence-electron chi connectivity index (χ0n) is 13.5. The van der Waals surface area contributed by atoms with E-state index in [1.807, 2.05) is 42.1 Å². The first kappa shape index (κ1) is 15.7. The SMILES string of the molecule is COc1ccc(/C=C/C(=O)Nc2cccc3c2ccn3C)cc1O. The quantitative estimate of drug-likeness (QED) is 0.722. The maximum Gasteiger partial charge on any atom is 0.248 e. The van der Waals surface area contributed by atoms with Gasteiger partial charge in [-0.15, -0.1) is 0 Å². The number of anilines is 1. The molecule has 5 heteroatoms. The van der Waals surface area contributed by atoms with Crippen molar-refractivity contribution in [3.63, 3.8) is 0 Å². The molecule has 0 spiro atoms. The summed E-state index contributed by atoms with van der Waals surface area (Å²) in [4.78, 5) is 12.2. The van der Waals surface area contributed by atoms with Gasteiger partial charge in [-0.2, -0.15) is 0 Å². The number of hydrogen-bond acceptors (Lipinski definition) is 3. The van der Waals surface area contributed by atoms with Crippen LogP contribution in [0.1, 0.15) is 5.56 Å². The van der Waals surface area contributed by atoms with Gasteiger partial charge in [0.05, 0.1) is 12.8 Å². The molecule has 0 saturated heterocycles. The number of amides is 1. The molecule has 0 fully saturated rings. The van der Waals surface area contributed by atoms with Crippen molar-refractivity contribution in [3.05, 3.63) is 60.3 Å². The molecular weight excluding hydrogens is 304 g/mol. The molecule has 3 aromatic rings. The Kier molecular flexibility index (Phi) is 4.24. The largest absolute Gasteiger partial charge is 0.504 e. The van der Waals surface area contributed by atoms with Crippen molar-refractivity contribution in [1.82, 2.24) is 4.57 Å². The number of carbonyl (C=O) groups is 1. The van der Waals surface area contributed by atoms with Gasteiger partial charge in [-0.05, 0) is 42.0 Å². The van der Waals surface area contributed by atoms with Crippen molar-refractivity contribution in [2.45, 2.75) is 0 Å². The molecule has 1 aromatic heterocycles. The third-order valence-corrected chi connectivity index (χ3v) is 3.82. The summed E-state index contributed by atoms with van der Waals surface area (Å²) >= 11 is 0. The zero-order chi connectivity index (χ0) is 17.1. The average molecular weight is 322 g/mol. The monoisotopic (exact) mass is 322 g/mol. The van der Waals surface area contributed by atoms with E-state index in [0.29, 0.717) is 11.3 Å². The fourth-order valence-corrected chi connectivity index (χ4v) is 2.57. The topological polar surface area (TPSA) is 63.5 Å². The Morgan fingerprint density at radius 2 is 2.08 bits per heavy atom. The molecule has 1 amide bonds. The first-order valence-corrected chi connectivity index (χ1v) is 7.48. The van der Waals surface area contributed by atoms with Gasteiger partial charge in [-0.3, -0.25) is 4.79 Å². The summed E-state index contributed by atoms with van der Waals surface area (Å²) < 4.78 is 6.99. The molecule has 2 N–H and O–H groups in total. The highest BCUT2D eigenvalue weighted by atomic mass is 16.5. The first-order valence-electron chi connectivity index (χ1n) is 7.48. The van der Waals surface area contributed by atoms with Crippen LogP contribution in [0.15, 0.2) is 54.7 Å². The Bertz CT molecular complexity index is 926. The van der Waals surface area contributed by atoms with Crippen molar-refractivity contribution in [2.24, 2.45) is 7.05 Å². The minimum absolute atomic E-state index is 0.0362. The summed E-state index contributed by atoms with van der Waals surface area (Å²) in [5.41, 5.74) is 2.53. The van der Waals surface area contributed by atoms with Crippen molar-refractivity contribution < 1.29 is 14.6 Å². The van der Waals surface area contributed by atoms with E-state index in [0.717, 1.165) is 16.6 Å². The number of fused-ring (bicyclic) bond motifs is 1. The van der Waals surface area contributed by atoms with Crippen LogP contribution in [0.3, 0.4) is 0 Å². The predicted octanol–water partition coefficient (Wildman–Crippen LogP) is 3.54. The lowest BCUT2D eigenvalue weighted by Gasteiger charge is -2.05. The van der Waals surface area contributed by atoms with E-state index in [4.69, 9.17) is 4.74 Å². The second kappa shape index (κ2) is 6.50. The number of aryl methyl sites for hydroxylation is 1. The molecule has 2 aromatic carbocycles. The van der Waals surface area contributed by atoms with Gasteiger partial charge < -0.3 is 19.7 Å². The average Bonchev–Trinajstić information content (AvgIpc) is 2.96. The standard InChI is InChI=1S/C19H18N2O3/c1-21-11-10-14-15(4-3-5-16(14)21)20-19(23)9-7-13-6-8-18(24-2)17(22)12-13/h3-12,22H,1-2H3,(H,20,23)/b9-7+. The molecular formula is C19H18N2O3. The molecule has 5 nitrogen and oxygen atoms in total. The Morgan fingerprint density at radius 3 is 2.83 bits per heavy atom. The number of hydrogen-bond donors (Lipinski definition) is 2. The molecule has 1 heterocycles. The molecule has 0 radical (unpaired) electrons. The molecule has 0 aliphatic carbocycles. The number of benzene rings is 2. The van der Waals surface area contributed by atoms with E-state index in [2.05, 4.69) is 5.32 Å². The third kappa shape index (κ3) is 3.10. The highest BCUT2D eigenvalue weighted by molar-refractivity contribution is 6.07. The van der Waals surface area contributed by atoms with Crippen LogP contribution in [0.2, 0.25) is 0 Å². The first-order chi connectivity index (χ1) is 11.6. The number of carbonyl (C=O) groups excluding carboxylic acids is 1. The molecule has 0 saturated carbocycles. The summed E-state index contributed by atoms with van der Waals surface area (Å²) in [6.45, 7) is 0. The van der Waals surface area contributed by atoms with Gasteiger partial charge in [0.2, 0.25) is 5.91 Å². The molecule has 122 valence electrons. The Labute approximate surface area is 139 Å². The second-order valence-electron chi connectivity index (χ2n) is 5.42. The number of nitrogens with zero attached hydrogens (tertiary/aromatic N) is 1. The Balaban J connectivity index is 1.76. The van der Waals surface area contributed by atoms with Crippen LogP contribution in [0, 0.1) is 0 Å². The lowest BCUT2D eigenvalue weighted by atomic mass is 10.2. The van der Waals surface area contributed by atoms with Gasteiger partial charge in [0.25, 0.3) is 0 Å². The van der Waals surface area contributed by atoms with Crippen LogP contribution in [-0.4, -0.2) is 22.7 Å². The minimum atomic E-state index is -0.235. The number of phenols is 1. The van der Waals surface area contributed by atoms with Crippen molar-refractivity contribution in [3.8, 4) is 11.5 Å². The number of rotatable bonds is 4. The fourth-order valence-electron chi connectivity index (χ4n) is 2.57. The van der Waals surface area contributed by atoms with Crippen molar-refractivity contribution in [1.29, 1.82) is 0 Å². The van der Waals surface area contributed by atoms with Crippen LogP contribution in [0.25, 0.3) is 17.0 Å². The summed E-state index contributed by atoms with van der Waals surface area (Å²) in [5.74, 6) is 0.197. The van der Waals surface area contributed by atoms with Gasteiger partial charge in [0.1, 0.15) is 0 Å². The normalized spacial score (nSPS) is 11.1. The van der Waals surface area contributed by atoms with Gasteiger partial charge >= 0.3 is 0 Å². The summed E-state index contributed by atoms with van der Waals surface area (Å²) in [5, 5.41) is 13.6. The van der Waals surface area contributed by atoms with Gasteiger partial charge in [0, 0.05) is 30.2 Å². The number of aromatic nitrogens is 1. The summed E-state index contributed by atoms with van der Waals surface area (Å²) in [6, 6.07) is 12.7. The Hall–Kier alpha value is -3.21. The van der Waals surface area contributed by atoms with Gasteiger partial charge in [-0.25, -0.2) is 0 Å². The van der Waals surface area contributed by atoms with E-state index < -0.39 is 0 Å². The molecule has 0 bridgehead atoms. The van der Waals surface area contributed by atoms with Gasteiger partial charge in [-0.1, -0.05) is 12.1 Å². The van der Waals surface area contributed by atoms with Crippen LogP contribution in [0.4, 0.5) is 5.69 Å². The van der Waals surface area contributed by atoms with Crippen molar-refractivity contribution >= 4 is 28.6 Å². The number of nitrogens with one attached hydrogen (secondary N) is 1. The lowest BCUT2D eigenvalue weighted by Crippen LogP contribution is -2.07. The van der Waals surface area contributed by atoms with E-state index in [1.54, 1.807) is 24.3 Å². The predicted molar refractivity (Wildman–Crippen MR) is 95.2 cm³/mol. The van der Waals surface area contributed by atoms with Crippen LogP contribution < -0.4 is 10.1 Å². The Morgan fingerprint density at radius 1 is 1.25 bits per heavy atom. The van der Waals surface area contributed by atoms with E-state index in [9.17, 15) is 9.90 Å². The summed E-state index contributed by atoms with van der Waals surface area (Å²) in [7, 11) is 3.45. The van der Waals surface area contributed by atoms with E-state index in [1.165, 1.54) is 13.2 Å². The minimum Gasteiger partial charge on any atom is -0.504 e. The second-order valence-corrected chi connectivity index (χ2v) is 5.42. The zero-order valence-corrected chi connectivity index (χ0v) is 13.5.